The van der Waals surface area contributed by atoms with Crippen molar-refractivity contribution in [2.45, 2.75) is 20.5 Å². The minimum Gasteiger partial charge on any atom is -0.457 e. The molecule has 0 saturated carbocycles. The predicted molar refractivity (Wildman–Crippen MR) is 134 cm³/mol. The van der Waals surface area contributed by atoms with E-state index in [9.17, 15) is 19.2 Å². The highest BCUT2D eigenvalue weighted by Gasteiger charge is 2.19. The van der Waals surface area contributed by atoms with E-state index in [-0.39, 0.29) is 35.0 Å². The zero-order chi connectivity index (χ0) is 26.4. The Morgan fingerprint density at radius 1 is 0.541 bits per heavy atom. The molecule has 186 valence electrons. The van der Waals surface area contributed by atoms with Gasteiger partial charge < -0.3 is 18.9 Å². The number of hydrogen-bond donors (Lipinski definition) is 0. The number of rotatable bonds is 7. The van der Waals surface area contributed by atoms with E-state index in [1.165, 1.54) is 38.1 Å². The number of para-hydroxylation sites is 2. The first-order chi connectivity index (χ1) is 17.8. The second kappa shape index (κ2) is 11.2. The second-order valence-corrected chi connectivity index (χ2v) is 7.91. The lowest BCUT2D eigenvalue weighted by molar-refractivity contribution is -0.132. The van der Waals surface area contributed by atoms with Crippen LogP contribution in [0.5, 0.6) is 17.2 Å². The molecule has 0 fully saturated rings. The Morgan fingerprint density at radius 3 is 1.65 bits per heavy atom. The van der Waals surface area contributed by atoms with Crippen molar-refractivity contribution in [1.29, 1.82) is 0 Å². The molecule has 0 amide bonds. The molecule has 0 heterocycles. The third-order valence-electron chi connectivity index (χ3n) is 5.26. The number of hydrogen-bond acceptors (Lipinski definition) is 8. The van der Waals surface area contributed by atoms with Crippen LogP contribution in [0.4, 0.5) is 0 Å². The minimum atomic E-state index is -0.691. The monoisotopic (exact) mass is 498 g/mol. The molecule has 4 aromatic carbocycles. The van der Waals surface area contributed by atoms with Crippen molar-refractivity contribution >= 4 is 34.6 Å². The van der Waals surface area contributed by atoms with Gasteiger partial charge in [-0.3, -0.25) is 9.59 Å². The van der Waals surface area contributed by atoms with Gasteiger partial charge in [0.2, 0.25) is 0 Å². The van der Waals surface area contributed by atoms with Gasteiger partial charge in [0.15, 0.2) is 0 Å². The Balaban J connectivity index is 1.56. The Labute approximate surface area is 212 Å². The van der Waals surface area contributed by atoms with Gasteiger partial charge in [-0.1, -0.05) is 54.6 Å². The molecule has 0 spiro atoms. The normalized spacial score (nSPS) is 10.4. The summed E-state index contributed by atoms with van der Waals surface area (Å²) in [6, 6.07) is 23.1. The lowest BCUT2D eigenvalue weighted by atomic mass is 10.0. The molecule has 8 nitrogen and oxygen atoms in total. The molecule has 37 heavy (non-hydrogen) atoms. The first-order valence-electron chi connectivity index (χ1n) is 11.3. The van der Waals surface area contributed by atoms with Gasteiger partial charge in [-0.05, 0) is 41.3 Å². The molecule has 4 rings (SSSR count). The third-order valence-corrected chi connectivity index (χ3v) is 5.26. The quantitative estimate of drug-likeness (QED) is 0.251. The molecule has 0 N–H and O–H groups in total. The van der Waals surface area contributed by atoms with Gasteiger partial charge in [0.25, 0.3) is 0 Å². The number of fused-ring (bicyclic) bond motifs is 1. The summed E-state index contributed by atoms with van der Waals surface area (Å²) in [5.74, 6) is -1.95. The van der Waals surface area contributed by atoms with Gasteiger partial charge in [0.1, 0.15) is 35.0 Å². The highest BCUT2D eigenvalue weighted by atomic mass is 16.6. The van der Waals surface area contributed by atoms with Gasteiger partial charge in [0, 0.05) is 19.2 Å². The number of carbonyl (C=O) groups is 4. The van der Waals surface area contributed by atoms with Crippen LogP contribution in [0, 0.1) is 0 Å². The van der Waals surface area contributed by atoms with E-state index < -0.39 is 23.9 Å². The van der Waals surface area contributed by atoms with Crippen LogP contribution in [0.3, 0.4) is 0 Å². The van der Waals surface area contributed by atoms with Crippen molar-refractivity contribution in [1.82, 2.24) is 0 Å². The molecular formula is C29H22O8. The summed E-state index contributed by atoms with van der Waals surface area (Å²) in [6.07, 6.45) is 0. The van der Waals surface area contributed by atoms with E-state index in [1.54, 1.807) is 48.5 Å². The van der Waals surface area contributed by atoms with Gasteiger partial charge in [-0.2, -0.15) is 0 Å². The van der Waals surface area contributed by atoms with Crippen molar-refractivity contribution in [2.75, 3.05) is 0 Å². The van der Waals surface area contributed by atoms with Crippen LogP contribution >= 0.6 is 0 Å². The maximum atomic E-state index is 12.9. The fourth-order valence-corrected chi connectivity index (χ4v) is 3.68. The average molecular weight is 498 g/mol. The van der Waals surface area contributed by atoms with Gasteiger partial charge >= 0.3 is 23.9 Å². The SMILES string of the molecule is CC(=O)Oc1ccccc1C(=O)OCc1ccc(OC(=O)c2ccccc2OC(C)=O)c2ccccc12. The fourth-order valence-electron chi connectivity index (χ4n) is 3.68. The van der Waals surface area contributed by atoms with Crippen molar-refractivity contribution in [2.24, 2.45) is 0 Å². The first kappa shape index (κ1) is 25.1. The van der Waals surface area contributed by atoms with E-state index in [4.69, 9.17) is 18.9 Å². The summed E-state index contributed by atoms with van der Waals surface area (Å²) in [7, 11) is 0. The Hall–Kier alpha value is -4.98. The smallest absolute Gasteiger partial charge is 0.347 e. The van der Waals surface area contributed by atoms with Crippen LogP contribution < -0.4 is 14.2 Å². The molecule has 0 saturated heterocycles. The summed E-state index contributed by atoms with van der Waals surface area (Å²) in [5.41, 5.74) is 0.902. The summed E-state index contributed by atoms with van der Waals surface area (Å²) in [4.78, 5) is 48.4. The fraction of sp³-hybridized carbons (Fsp3) is 0.103. The van der Waals surface area contributed by atoms with Gasteiger partial charge in [-0.15, -0.1) is 0 Å². The molecule has 8 heteroatoms. The zero-order valence-corrected chi connectivity index (χ0v) is 20.1. The molecule has 0 aliphatic heterocycles. The Morgan fingerprint density at radius 2 is 1.05 bits per heavy atom. The van der Waals surface area contributed by atoms with Crippen LogP contribution in [-0.2, 0) is 20.9 Å². The largest absolute Gasteiger partial charge is 0.457 e. The van der Waals surface area contributed by atoms with Crippen LogP contribution in [0.25, 0.3) is 10.8 Å². The number of ether oxygens (including phenoxy) is 4. The second-order valence-electron chi connectivity index (χ2n) is 7.91. The van der Waals surface area contributed by atoms with Crippen LogP contribution in [0.2, 0.25) is 0 Å². The first-order valence-corrected chi connectivity index (χ1v) is 11.3. The van der Waals surface area contributed by atoms with E-state index >= 15 is 0 Å². The predicted octanol–water partition coefficient (Wildman–Crippen LogP) is 5.27. The highest BCUT2D eigenvalue weighted by molar-refractivity contribution is 5.99. The number of benzene rings is 4. The third kappa shape index (κ3) is 5.99. The van der Waals surface area contributed by atoms with Crippen LogP contribution in [0.1, 0.15) is 40.1 Å². The van der Waals surface area contributed by atoms with Gasteiger partial charge in [-0.25, -0.2) is 9.59 Å². The topological polar surface area (TPSA) is 105 Å². The summed E-state index contributed by atoms with van der Waals surface area (Å²) >= 11 is 0. The molecule has 0 unspecified atom stereocenters. The maximum absolute atomic E-state index is 12.9. The molecule has 0 aliphatic rings. The molecule has 0 radical (unpaired) electrons. The number of carbonyl (C=O) groups excluding carboxylic acids is 4. The van der Waals surface area contributed by atoms with Crippen molar-refractivity contribution in [3.05, 3.63) is 102 Å². The molecule has 0 atom stereocenters. The zero-order valence-electron chi connectivity index (χ0n) is 20.1. The van der Waals surface area contributed by atoms with E-state index in [0.29, 0.717) is 16.3 Å². The van der Waals surface area contributed by atoms with Crippen molar-refractivity contribution in [3.8, 4) is 17.2 Å². The molecule has 0 aromatic heterocycles. The van der Waals surface area contributed by atoms with Crippen LogP contribution in [-0.4, -0.2) is 23.9 Å². The highest BCUT2D eigenvalue weighted by Crippen LogP contribution is 2.31. The Kier molecular flexibility index (Phi) is 7.59. The average Bonchev–Trinajstić information content (AvgIpc) is 2.88. The maximum Gasteiger partial charge on any atom is 0.347 e. The molecule has 0 bridgehead atoms. The summed E-state index contributed by atoms with van der Waals surface area (Å²) in [6.45, 7) is 2.42. The van der Waals surface area contributed by atoms with Crippen molar-refractivity contribution in [3.63, 3.8) is 0 Å². The lowest BCUT2D eigenvalue weighted by Gasteiger charge is -2.13. The molecule has 4 aromatic rings. The lowest BCUT2D eigenvalue weighted by Crippen LogP contribution is -2.13. The van der Waals surface area contributed by atoms with E-state index in [2.05, 4.69) is 0 Å². The van der Waals surface area contributed by atoms with Crippen LogP contribution in [0.15, 0.2) is 84.9 Å². The number of esters is 4. The molecular weight excluding hydrogens is 476 g/mol. The Bertz CT molecular complexity index is 1510. The molecule has 0 aliphatic carbocycles. The standard InChI is InChI=1S/C29H22O8/c1-18(30)35-25-13-7-5-11-23(25)28(32)34-17-20-15-16-27(22-10-4-3-9-21(20)22)37-29(33)24-12-6-8-14-26(24)36-19(2)31/h3-16H,17H2,1-2H3. The van der Waals surface area contributed by atoms with Gasteiger partial charge in [0.05, 0.1) is 0 Å². The van der Waals surface area contributed by atoms with Crippen molar-refractivity contribution < 1.29 is 38.1 Å². The van der Waals surface area contributed by atoms with E-state index in [0.717, 1.165) is 0 Å². The minimum absolute atomic E-state index is 0.0722. The van der Waals surface area contributed by atoms with E-state index in [1.807, 2.05) is 12.1 Å². The summed E-state index contributed by atoms with van der Waals surface area (Å²) < 4.78 is 21.4. The summed E-state index contributed by atoms with van der Waals surface area (Å²) in [5, 5.41) is 1.33.